The highest BCUT2D eigenvalue weighted by atomic mass is 32.2. The first-order valence-electron chi connectivity index (χ1n) is 12.7. The molecule has 0 saturated heterocycles. The molecule has 5 nitrogen and oxygen atoms in total. The maximum atomic E-state index is 14.6. The Labute approximate surface area is 225 Å². The molecule has 0 radical (unpaired) electrons. The van der Waals surface area contributed by atoms with Gasteiger partial charge in [-0.25, -0.2) is 0 Å². The maximum absolute atomic E-state index is 14.6. The standard InChI is InChI=1S/C31H38N2O3S/c1-23(2)21-31(3,37-22-25-12-8-6-9-13-25)30(35)33(26-14-10-7-11-15-26)28(29(34)32-4)20-24-16-18-27(36-5)19-17-24/h6-19,23,28H,20-22H2,1-5H3,(H,32,34)/t28-,31?/m0/s1. The predicted molar refractivity (Wildman–Crippen MR) is 154 cm³/mol. The molecule has 3 aromatic rings. The van der Waals surface area contributed by atoms with E-state index in [-0.39, 0.29) is 11.8 Å². The van der Waals surface area contributed by atoms with Crippen molar-refractivity contribution in [3.8, 4) is 5.75 Å². The van der Waals surface area contributed by atoms with Gasteiger partial charge in [0.05, 0.1) is 11.9 Å². The molecule has 3 rings (SSSR count). The lowest BCUT2D eigenvalue weighted by atomic mass is 9.94. The van der Waals surface area contributed by atoms with Crippen molar-refractivity contribution >= 4 is 29.3 Å². The Balaban J connectivity index is 2.03. The lowest BCUT2D eigenvalue weighted by Crippen LogP contribution is -2.56. The van der Waals surface area contributed by atoms with Gasteiger partial charge in [0.25, 0.3) is 0 Å². The summed E-state index contributed by atoms with van der Waals surface area (Å²) >= 11 is 1.64. The third-order valence-electron chi connectivity index (χ3n) is 6.35. The number of amides is 2. The normalized spacial score (nSPS) is 13.5. The van der Waals surface area contributed by atoms with Gasteiger partial charge in [-0.05, 0) is 54.7 Å². The molecule has 6 heteroatoms. The Morgan fingerprint density at radius 2 is 1.51 bits per heavy atom. The minimum atomic E-state index is -0.730. The number of nitrogens with zero attached hydrogens (tertiary/aromatic N) is 1. The van der Waals surface area contributed by atoms with E-state index in [4.69, 9.17) is 4.74 Å². The molecule has 0 aliphatic rings. The van der Waals surface area contributed by atoms with E-state index in [0.717, 1.165) is 11.3 Å². The third-order valence-corrected chi connectivity index (χ3v) is 7.81. The average Bonchev–Trinajstić information content (AvgIpc) is 2.92. The summed E-state index contributed by atoms with van der Waals surface area (Å²) in [7, 11) is 3.25. The minimum absolute atomic E-state index is 0.0598. The lowest BCUT2D eigenvalue weighted by Gasteiger charge is -2.39. The number of ether oxygens (including phenoxy) is 1. The number of likely N-dealkylation sites (N-methyl/N-ethyl adjacent to an activating group) is 1. The van der Waals surface area contributed by atoms with Crippen molar-refractivity contribution in [2.75, 3.05) is 19.1 Å². The van der Waals surface area contributed by atoms with Crippen LogP contribution >= 0.6 is 11.8 Å². The fourth-order valence-corrected chi connectivity index (χ4v) is 5.89. The molecule has 0 spiro atoms. The van der Waals surface area contributed by atoms with E-state index in [1.54, 1.807) is 30.8 Å². The van der Waals surface area contributed by atoms with Crippen LogP contribution in [0, 0.1) is 5.92 Å². The lowest BCUT2D eigenvalue weighted by molar-refractivity contribution is -0.127. The molecule has 37 heavy (non-hydrogen) atoms. The van der Waals surface area contributed by atoms with Crippen LogP contribution in [0.3, 0.4) is 0 Å². The molecule has 0 aromatic heterocycles. The molecule has 196 valence electrons. The van der Waals surface area contributed by atoms with Gasteiger partial charge in [0.2, 0.25) is 11.8 Å². The smallest absolute Gasteiger partial charge is 0.243 e. The third kappa shape index (κ3) is 7.62. The highest BCUT2D eigenvalue weighted by Gasteiger charge is 2.42. The molecule has 0 aliphatic heterocycles. The quantitative estimate of drug-likeness (QED) is 0.314. The fourth-order valence-electron chi connectivity index (χ4n) is 4.54. The second kappa shape index (κ2) is 13.3. The van der Waals surface area contributed by atoms with E-state index in [1.807, 2.05) is 79.7 Å². The van der Waals surface area contributed by atoms with Crippen LogP contribution in [0.5, 0.6) is 5.75 Å². The van der Waals surface area contributed by atoms with Crippen LogP contribution in [0.25, 0.3) is 0 Å². The van der Waals surface area contributed by atoms with Crippen LogP contribution in [0.4, 0.5) is 5.69 Å². The van der Waals surface area contributed by atoms with E-state index >= 15 is 0 Å². The predicted octanol–water partition coefficient (Wildman–Crippen LogP) is 6.12. The zero-order valence-electron chi connectivity index (χ0n) is 22.4. The van der Waals surface area contributed by atoms with Gasteiger partial charge in [-0.15, -0.1) is 11.8 Å². The minimum Gasteiger partial charge on any atom is -0.497 e. The number of hydrogen-bond donors (Lipinski definition) is 1. The second-order valence-corrected chi connectivity index (χ2v) is 11.3. The number of thioether (sulfide) groups is 1. The Morgan fingerprint density at radius 3 is 2.05 bits per heavy atom. The first kappa shape index (κ1) is 28.3. The summed E-state index contributed by atoms with van der Waals surface area (Å²) in [6.07, 6.45) is 1.07. The Hall–Kier alpha value is -3.25. The Kier molecular flexibility index (Phi) is 10.2. The summed E-state index contributed by atoms with van der Waals surface area (Å²) in [5.74, 6) is 1.50. The summed E-state index contributed by atoms with van der Waals surface area (Å²) in [5, 5.41) is 2.80. The van der Waals surface area contributed by atoms with Gasteiger partial charge in [-0.1, -0.05) is 74.5 Å². The van der Waals surface area contributed by atoms with Gasteiger partial charge < -0.3 is 10.1 Å². The summed E-state index contributed by atoms with van der Waals surface area (Å²) < 4.78 is 4.57. The second-order valence-electron chi connectivity index (χ2n) is 9.80. The number of anilines is 1. The zero-order chi connectivity index (χ0) is 26.8. The Bertz CT molecular complexity index is 1140. The molecule has 1 unspecified atom stereocenters. The first-order chi connectivity index (χ1) is 17.8. The highest BCUT2D eigenvalue weighted by Crippen LogP contribution is 2.38. The molecule has 0 fully saturated rings. The molecule has 1 N–H and O–H groups in total. The molecular weight excluding hydrogens is 480 g/mol. The van der Waals surface area contributed by atoms with Crippen molar-refractivity contribution in [2.24, 2.45) is 5.92 Å². The number of nitrogens with one attached hydrogen (secondary N) is 1. The van der Waals surface area contributed by atoms with E-state index in [9.17, 15) is 9.59 Å². The van der Waals surface area contributed by atoms with Gasteiger partial charge in [0, 0.05) is 24.9 Å². The summed E-state index contributed by atoms with van der Waals surface area (Å²) in [5.41, 5.74) is 2.83. The number of carbonyl (C=O) groups is 2. The van der Waals surface area contributed by atoms with E-state index in [1.165, 1.54) is 5.56 Å². The molecule has 0 aliphatic carbocycles. The summed E-state index contributed by atoms with van der Waals surface area (Å²) in [6.45, 7) is 6.29. The molecule has 2 atom stereocenters. The number of benzene rings is 3. The molecule has 2 amide bonds. The van der Waals surface area contributed by atoms with Gasteiger partial charge in [0.15, 0.2) is 0 Å². The van der Waals surface area contributed by atoms with Crippen molar-refractivity contribution in [2.45, 2.75) is 50.2 Å². The van der Waals surface area contributed by atoms with Crippen LogP contribution in [0.1, 0.15) is 38.3 Å². The zero-order valence-corrected chi connectivity index (χ0v) is 23.3. The summed E-state index contributed by atoms with van der Waals surface area (Å²) in [6, 6.07) is 26.7. The van der Waals surface area contributed by atoms with E-state index in [2.05, 4.69) is 31.3 Å². The van der Waals surface area contributed by atoms with Crippen molar-refractivity contribution in [3.05, 3.63) is 96.1 Å². The molecule has 0 saturated carbocycles. The van der Waals surface area contributed by atoms with Gasteiger partial charge in [0.1, 0.15) is 11.8 Å². The van der Waals surface area contributed by atoms with E-state index in [0.29, 0.717) is 30.2 Å². The number of methoxy groups -OCH3 is 1. The number of carbonyl (C=O) groups excluding carboxylic acids is 2. The highest BCUT2D eigenvalue weighted by molar-refractivity contribution is 8.00. The van der Waals surface area contributed by atoms with Crippen LogP contribution in [0.15, 0.2) is 84.9 Å². The van der Waals surface area contributed by atoms with Crippen molar-refractivity contribution < 1.29 is 14.3 Å². The monoisotopic (exact) mass is 518 g/mol. The first-order valence-corrected chi connectivity index (χ1v) is 13.7. The number of hydrogen-bond acceptors (Lipinski definition) is 4. The van der Waals surface area contributed by atoms with Crippen LogP contribution in [-0.4, -0.2) is 36.8 Å². The largest absolute Gasteiger partial charge is 0.497 e. The van der Waals surface area contributed by atoms with Crippen LogP contribution in [0.2, 0.25) is 0 Å². The number of rotatable bonds is 12. The topological polar surface area (TPSA) is 58.6 Å². The van der Waals surface area contributed by atoms with Crippen molar-refractivity contribution in [1.82, 2.24) is 5.32 Å². The fraction of sp³-hybridized carbons (Fsp3) is 0.355. The molecule has 3 aromatic carbocycles. The van der Waals surface area contributed by atoms with Crippen LogP contribution < -0.4 is 15.0 Å². The van der Waals surface area contributed by atoms with Crippen molar-refractivity contribution in [3.63, 3.8) is 0 Å². The Morgan fingerprint density at radius 1 is 0.919 bits per heavy atom. The van der Waals surface area contributed by atoms with Gasteiger partial charge in [-0.3, -0.25) is 14.5 Å². The molecular formula is C31H38N2O3S. The molecule has 0 heterocycles. The summed E-state index contributed by atoms with van der Waals surface area (Å²) in [4.78, 5) is 29.6. The average molecular weight is 519 g/mol. The molecule has 0 bridgehead atoms. The van der Waals surface area contributed by atoms with Crippen LogP contribution in [-0.2, 0) is 21.8 Å². The SMILES string of the molecule is CNC(=O)[C@H](Cc1ccc(OC)cc1)N(C(=O)C(C)(CC(C)C)SCc1ccccc1)c1ccccc1. The van der Waals surface area contributed by atoms with Gasteiger partial charge in [-0.2, -0.15) is 0 Å². The number of para-hydroxylation sites is 1. The van der Waals surface area contributed by atoms with E-state index < -0.39 is 10.8 Å². The van der Waals surface area contributed by atoms with Crippen molar-refractivity contribution in [1.29, 1.82) is 0 Å². The maximum Gasteiger partial charge on any atom is 0.243 e. The van der Waals surface area contributed by atoms with Gasteiger partial charge >= 0.3 is 0 Å².